The Bertz CT molecular complexity index is 268. The summed E-state index contributed by atoms with van der Waals surface area (Å²) in [6.45, 7) is 10.7. The summed E-state index contributed by atoms with van der Waals surface area (Å²) in [4.78, 5) is 0. The van der Waals surface area contributed by atoms with Crippen LogP contribution in [0, 0.1) is 16.7 Å². The molecular formula is C13H22O. The molecule has 2 rings (SSSR count). The van der Waals surface area contributed by atoms with Gasteiger partial charge in [0.15, 0.2) is 0 Å². The fourth-order valence-electron chi connectivity index (χ4n) is 3.97. The van der Waals surface area contributed by atoms with Gasteiger partial charge in [-0.15, -0.1) is 6.58 Å². The van der Waals surface area contributed by atoms with Gasteiger partial charge in [0.25, 0.3) is 0 Å². The SMILES string of the molecule is C=CCC1(O)CC2CCC1(C)C2(C)C. The van der Waals surface area contributed by atoms with E-state index in [1.54, 1.807) is 0 Å². The molecule has 2 fully saturated rings. The van der Waals surface area contributed by atoms with E-state index in [2.05, 4.69) is 27.4 Å². The molecule has 0 saturated heterocycles. The molecule has 3 unspecified atom stereocenters. The quantitative estimate of drug-likeness (QED) is 0.670. The Hall–Kier alpha value is -0.300. The van der Waals surface area contributed by atoms with Crippen LogP contribution in [0.4, 0.5) is 0 Å². The molecule has 14 heavy (non-hydrogen) atoms. The zero-order valence-electron chi connectivity index (χ0n) is 9.64. The first-order valence-electron chi connectivity index (χ1n) is 5.71. The first-order valence-corrected chi connectivity index (χ1v) is 5.71. The number of aliphatic hydroxyl groups is 1. The van der Waals surface area contributed by atoms with Crippen molar-refractivity contribution in [3.63, 3.8) is 0 Å². The lowest BCUT2D eigenvalue weighted by Gasteiger charge is -2.45. The normalized spacial score (nSPS) is 49.6. The molecule has 2 aliphatic rings. The molecule has 0 aromatic heterocycles. The maximum absolute atomic E-state index is 10.7. The second-order valence-electron chi connectivity index (χ2n) is 6.02. The zero-order valence-corrected chi connectivity index (χ0v) is 9.64. The van der Waals surface area contributed by atoms with Crippen molar-refractivity contribution in [3.8, 4) is 0 Å². The predicted molar refractivity (Wildman–Crippen MR) is 59.0 cm³/mol. The Morgan fingerprint density at radius 2 is 2.07 bits per heavy atom. The van der Waals surface area contributed by atoms with E-state index in [-0.39, 0.29) is 5.41 Å². The molecule has 80 valence electrons. The molecule has 2 saturated carbocycles. The van der Waals surface area contributed by atoms with Crippen molar-refractivity contribution in [3.05, 3.63) is 12.7 Å². The zero-order chi connectivity index (χ0) is 10.6. The summed E-state index contributed by atoms with van der Waals surface area (Å²) < 4.78 is 0. The molecule has 1 N–H and O–H groups in total. The van der Waals surface area contributed by atoms with E-state index in [0.717, 1.165) is 12.8 Å². The van der Waals surface area contributed by atoms with Gasteiger partial charge in [-0.3, -0.25) is 0 Å². The van der Waals surface area contributed by atoms with Crippen molar-refractivity contribution in [2.45, 2.75) is 52.1 Å². The third-order valence-electron chi connectivity index (χ3n) is 5.53. The molecule has 0 radical (unpaired) electrons. The van der Waals surface area contributed by atoms with Crippen molar-refractivity contribution in [2.24, 2.45) is 16.7 Å². The lowest BCUT2D eigenvalue weighted by molar-refractivity contribution is -0.0866. The highest BCUT2D eigenvalue weighted by Crippen LogP contribution is 2.70. The smallest absolute Gasteiger partial charge is 0.0743 e. The lowest BCUT2D eigenvalue weighted by Crippen LogP contribution is -2.46. The van der Waals surface area contributed by atoms with Crippen LogP contribution in [0.5, 0.6) is 0 Å². The van der Waals surface area contributed by atoms with Crippen molar-refractivity contribution >= 4 is 0 Å². The summed E-state index contributed by atoms with van der Waals surface area (Å²) in [6.07, 6.45) is 6.08. The van der Waals surface area contributed by atoms with E-state index in [1.165, 1.54) is 12.8 Å². The van der Waals surface area contributed by atoms with Gasteiger partial charge < -0.3 is 5.11 Å². The van der Waals surface area contributed by atoms with Crippen LogP contribution in [0.1, 0.15) is 46.5 Å². The van der Waals surface area contributed by atoms with Gasteiger partial charge in [0.2, 0.25) is 0 Å². The Kier molecular flexibility index (Phi) is 1.92. The van der Waals surface area contributed by atoms with Crippen LogP contribution in [0.25, 0.3) is 0 Å². The fourth-order valence-corrected chi connectivity index (χ4v) is 3.97. The van der Waals surface area contributed by atoms with Crippen LogP contribution in [0.3, 0.4) is 0 Å². The van der Waals surface area contributed by atoms with Gasteiger partial charge in [-0.05, 0) is 37.0 Å². The Labute approximate surface area is 87.2 Å². The molecule has 0 aliphatic heterocycles. The minimum absolute atomic E-state index is 0.0961. The van der Waals surface area contributed by atoms with E-state index >= 15 is 0 Å². The standard InChI is InChI=1S/C13H22O/c1-5-7-13(14)9-10-6-8-12(13,4)11(10,2)3/h5,10,14H,1,6-9H2,2-4H3. The van der Waals surface area contributed by atoms with Crippen molar-refractivity contribution in [1.82, 2.24) is 0 Å². The summed E-state index contributed by atoms with van der Waals surface area (Å²) in [6, 6.07) is 0. The summed E-state index contributed by atoms with van der Waals surface area (Å²) in [5.41, 5.74) is -0.0925. The number of hydrogen-bond donors (Lipinski definition) is 1. The average molecular weight is 194 g/mol. The molecule has 1 heteroatoms. The van der Waals surface area contributed by atoms with Gasteiger partial charge in [-0.2, -0.15) is 0 Å². The van der Waals surface area contributed by atoms with Crippen LogP contribution < -0.4 is 0 Å². The van der Waals surface area contributed by atoms with Gasteiger partial charge in [-0.25, -0.2) is 0 Å². The highest BCUT2D eigenvalue weighted by Gasteiger charge is 2.67. The van der Waals surface area contributed by atoms with Gasteiger partial charge in [0, 0.05) is 5.41 Å². The molecule has 2 bridgehead atoms. The predicted octanol–water partition coefficient (Wildman–Crippen LogP) is 3.14. The van der Waals surface area contributed by atoms with Crippen LogP contribution in [-0.4, -0.2) is 10.7 Å². The number of rotatable bonds is 2. The topological polar surface area (TPSA) is 20.2 Å². The van der Waals surface area contributed by atoms with Crippen LogP contribution in [-0.2, 0) is 0 Å². The second-order valence-corrected chi connectivity index (χ2v) is 6.02. The molecule has 1 nitrogen and oxygen atoms in total. The van der Waals surface area contributed by atoms with Crippen LogP contribution in [0.15, 0.2) is 12.7 Å². The molecule has 0 aromatic carbocycles. The van der Waals surface area contributed by atoms with Gasteiger partial charge in [-0.1, -0.05) is 26.8 Å². The third-order valence-corrected chi connectivity index (χ3v) is 5.53. The van der Waals surface area contributed by atoms with Crippen LogP contribution >= 0.6 is 0 Å². The minimum Gasteiger partial charge on any atom is -0.389 e. The molecule has 0 heterocycles. The largest absolute Gasteiger partial charge is 0.389 e. The Morgan fingerprint density at radius 1 is 1.43 bits per heavy atom. The monoisotopic (exact) mass is 194 g/mol. The van der Waals surface area contributed by atoms with E-state index < -0.39 is 5.60 Å². The van der Waals surface area contributed by atoms with Crippen molar-refractivity contribution < 1.29 is 5.11 Å². The molecule has 0 aromatic rings. The van der Waals surface area contributed by atoms with Crippen LogP contribution in [0.2, 0.25) is 0 Å². The molecule has 3 atom stereocenters. The molecule has 2 aliphatic carbocycles. The summed E-state index contributed by atoms with van der Waals surface area (Å²) in [5, 5.41) is 10.7. The lowest BCUT2D eigenvalue weighted by atomic mass is 9.63. The Morgan fingerprint density at radius 3 is 2.43 bits per heavy atom. The fraction of sp³-hybridized carbons (Fsp3) is 0.846. The second kappa shape index (κ2) is 2.63. The molecule has 0 spiro atoms. The maximum atomic E-state index is 10.7. The van der Waals surface area contributed by atoms with Crippen molar-refractivity contribution in [2.75, 3.05) is 0 Å². The van der Waals surface area contributed by atoms with E-state index in [0.29, 0.717) is 11.3 Å². The molecule has 0 amide bonds. The summed E-state index contributed by atoms with van der Waals surface area (Å²) in [7, 11) is 0. The summed E-state index contributed by atoms with van der Waals surface area (Å²) in [5.74, 6) is 0.706. The Balaban J connectivity index is 2.39. The van der Waals surface area contributed by atoms with Gasteiger partial charge in [0.05, 0.1) is 5.60 Å². The highest BCUT2D eigenvalue weighted by atomic mass is 16.3. The highest BCUT2D eigenvalue weighted by molar-refractivity contribution is 5.18. The average Bonchev–Trinajstić information content (AvgIpc) is 2.36. The van der Waals surface area contributed by atoms with E-state index in [4.69, 9.17) is 0 Å². The van der Waals surface area contributed by atoms with Gasteiger partial charge in [0.1, 0.15) is 0 Å². The maximum Gasteiger partial charge on any atom is 0.0743 e. The van der Waals surface area contributed by atoms with Crippen molar-refractivity contribution in [1.29, 1.82) is 0 Å². The number of hydrogen-bond acceptors (Lipinski definition) is 1. The number of fused-ring (bicyclic) bond motifs is 2. The summed E-state index contributed by atoms with van der Waals surface area (Å²) >= 11 is 0. The molecular weight excluding hydrogens is 172 g/mol. The minimum atomic E-state index is -0.485. The third kappa shape index (κ3) is 0.894. The first-order chi connectivity index (χ1) is 6.37. The van der Waals surface area contributed by atoms with E-state index in [1.807, 2.05) is 6.08 Å². The van der Waals surface area contributed by atoms with Gasteiger partial charge >= 0.3 is 0 Å². The van der Waals surface area contributed by atoms with E-state index in [9.17, 15) is 5.11 Å². The first kappa shape index (κ1) is 10.2.